The molecule has 0 saturated carbocycles. The minimum Gasteiger partial charge on any atom is -0.495 e. The number of nitrogens with zero attached hydrogens (tertiary/aromatic N) is 1. The summed E-state index contributed by atoms with van der Waals surface area (Å²) in [5, 5.41) is 0.117. The number of benzene rings is 1. The number of hydrogen-bond acceptors (Lipinski definition) is 3. The van der Waals surface area contributed by atoms with Gasteiger partial charge in [0.25, 0.3) is 0 Å². The van der Waals surface area contributed by atoms with Crippen LogP contribution in [0.15, 0.2) is 36.7 Å². The number of halogens is 2. The Bertz CT molecular complexity index is 577. The number of hydrogen-bond donors (Lipinski definition) is 1. The average molecular weight is 281 g/mol. The van der Waals surface area contributed by atoms with Crippen molar-refractivity contribution in [3.8, 4) is 5.75 Å². The third kappa shape index (κ3) is 3.03. The second kappa shape index (κ2) is 5.99. The van der Waals surface area contributed by atoms with Crippen LogP contribution in [-0.2, 0) is 6.42 Å². The molecule has 2 rings (SSSR count). The normalized spacial score (nSPS) is 12.2. The van der Waals surface area contributed by atoms with Gasteiger partial charge in [0.05, 0.1) is 18.3 Å². The van der Waals surface area contributed by atoms with Crippen LogP contribution in [0.5, 0.6) is 5.75 Å². The molecule has 0 amide bonds. The first-order valence-corrected chi connectivity index (χ1v) is 6.17. The number of methoxy groups -OCH3 is 1. The van der Waals surface area contributed by atoms with Gasteiger partial charge in [-0.25, -0.2) is 4.39 Å². The van der Waals surface area contributed by atoms with Gasteiger partial charge in [0.2, 0.25) is 0 Å². The van der Waals surface area contributed by atoms with E-state index >= 15 is 0 Å². The van der Waals surface area contributed by atoms with Gasteiger partial charge in [-0.15, -0.1) is 0 Å². The molecule has 3 nitrogen and oxygen atoms in total. The molecule has 0 spiro atoms. The van der Waals surface area contributed by atoms with Crippen molar-refractivity contribution in [1.82, 2.24) is 4.98 Å². The molecule has 0 bridgehead atoms. The molecule has 1 atom stereocenters. The number of ether oxygens (including phenoxy) is 1. The maximum atomic E-state index is 13.4. The van der Waals surface area contributed by atoms with E-state index in [4.69, 9.17) is 22.1 Å². The van der Waals surface area contributed by atoms with Gasteiger partial charge in [-0.05, 0) is 24.1 Å². The molecule has 0 aliphatic carbocycles. The summed E-state index contributed by atoms with van der Waals surface area (Å²) in [7, 11) is 1.56. The molecule has 0 saturated heterocycles. The number of aromatic nitrogens is 1. The Balaban J connectivity index is 2.26. The molecule has 1 aromatic heterocycles. The predicted octanol–water partition coefficient (Wildman–Crippen LogP) is 3.13. The lowest BCUT2D eigenvalue weighted by Crippen LogP contribution is -2.15. The lowest BCUT2D eigenvalue weighted by Gasteiger charge is -2.16. The standard InChI is InChI=1S/C14H14ClFN2O/c1-19-13-8-18-6-5-10(13)12(17)7-9-3-2-4-11(16)14(9)15/h2-6,8,12H,7,17H2,1H3. The van der Waals surface area contributed by atoms with Crippen LogP contribution in [0, 0.1) is 5.82 Å². The van der Waals surface area contributed by atoms with Gasteiger partial charge in [0.15, 0.2) is 0 Å². The van der Waals surface area contributed by atoms with E-state index < -0.39 is 5.82 Å². The molecule has 19 heavy (non-hydrogen) atoms. The lowest BCUT2D eigenvalue weighted by molar-refractivity contribution is 0.403. The molecule has 1 unspecified atom stereocenters. The first-order valence-electron chi connectivity index (χ1n) is 5.80. The highest BCUT2D eigenvalue weighted by atomic mass is 35.5. The van der Waals surface area contributed by atoms with Crippen LogP contribution in [0.25, 0.3) is 0 Å². The van der Waals surface area contributed by atoms with Gasteiger partial charge in [-0.2, -0.15) is 0 Å². The Morgan fingerprint density at radius 1 is 1.42 bits per heavy atom. The third-order valence-corrected chi connectivity index (χ3v) is 3.33. The molecule has 0 aliphatic rings. The second-order valence-electron chi connectivity index (χ2n) is 4.14. The lowest BCUT2D eigenvalue weighted by atomic mass is 10.00. The molecule has 5 heteroatoms. The van der Waals surface area contributed by atoms with E-state index in [1.54, 1.807) is 37.7 Å². The third-order valence-electron chi connectivity index (χ3n) is 2.91. The Hall–Kier alpha value is -1.65. The Morgan fingerprint density at radius 2 is 2.21 bits per heavy atom. The maximum absolute atomic E-state index is 13.4. The molecule has 0 fully saturated rings. The van der Waals surface area contributed by atoms with Gasteiger partial charge >= 0.3 is 0 Å². The minimum atomic E-state index is -0.437. The van der Waals surface area contributed by atoms with Gasteiger partial charge in [-0.1, -0.05) is 23.7 Å². The molecule has 2 N–H and O–H groups in total. The summed E-state index contributed by atoms with van der Waals surface area (Å²) in [4.78, 5) is 3.97. The van der Waals surface area contributed by atoms with Gasteiger partial charge in [0.1, 0.15) is 11.6 Å². The van der Waals surface area contributed by atoms with Crippen LogP contribution in [0.4, 0.5) is 4.39 Å². The van der Waals surface area contributed by atoms with Crippen LogP contribution >= 0.6 is 11.6 Å². The van der Waals surface area contributed by atoms with Crippen LogP contribution in [0.1, 0.15) is 17.2 Å². The van der Waals surface area contributed by atoms with E-state index in [2.05, 4.69) is 4.98 Å². The molecular weight excluding hydrogens is 267 g/mol. The van der Waals surface area contributed by atoms with Crippen LogP contribution in [0.3, 0.4) is 0 Å². The van der Waals surface area contributed by atoms with Crippen molar-refractivity contribution in [3.05, 3.63) is 58.6 Å². The molecule has 1 heterocycles. The summed E-state index contributed by atoms with van der Waals surface area (Å²) in [6.45, 7) is 0. The fourth-order valence-corrected chi connectivity index (χ4v) is 2.12. The van der Waals surface area contributed by atoms with E-state index in [0.29, 0.717) is 17.7 Å². The van der Waals surface area contributed by atoms with E-state index in [1.165, 1.54) is 6.07 Å². The SMILES string of the molecule is COc1cnccc1C(N)Cc1cccc(F)c1Cl. The molecule has 0 radical (unpaired) electrons. The molecule has 1 aromatic carbocycles. The average Bonchev–Trinajstić information content (AvgIpc) is 2.43. The first kappa shape index (κ1) is 13.8. The van der Waals surface area contributed by atoms with E-state index in [9.17, 15) is 4.39 Å². The van der Waals surface area contributed by atoms with Crippen molar-refractivity contribution in [2.45, 2.75) is 12.5 Å². The number of rotatable bonds is 4. The minimum absolute atomic E-state index is 0.117. The van der Waals surface area contributed by atoms with E-state index in [0.717, 1.165) is 5.56 Å². The van der Waals surface area contributed by atoms with Crippen molar-refractivity contribution in [2.24, 2.45) is 5.73 Å². The van der Waals surface area contributed by atoms with Crippen molar-refractivity contribution in [3.63, 3.8) is 0 Å². The summed E-state index contributed by atoms with van der Waals surface area (Å²) in [6, 6.07) is 6.16. The maximum Gasteiger partial charge on any atom is 0.142 e. The highest BCUT2D eigenvalue weighted by Crippen LogP contribution is 2.28. The van der Waals surface area contributed by atoms with Crippen molar-refractivity contribution in [2.75, 3.05) is 7.11 Å². The number of pyridine rings is 1. The van der Waals surface area contributed by atoms with Crippen molar-refractivity contribution < 1.29 is 9.13 Å². The van der Waals surface area contributed by atoms with Gasteiger partial charge in [0, 0.05) is 17.8 Å². The summed E-state index contributed by atoms with van der Waals surface area (Å²) < 4.78 is 18.6. The fourth-order valence-electron chi connectivity index (χ4n) is 1.92. The molecule has 0 aliphatic heterocycles. The summed E-state index contributed by atoms with van der Waals surface area (Å²) in [5.74, 6) is 0.176. The Labute approximate surface area is 116 Å². The van der Waals surface area contributed by atoms with Crippen LogP contribution in [0.2, 0.25) is 5.02 Å². The topological polar surface area (TPSA) is 48.1 Å². The highest BCUT2D eigenvalue weighted by molar-refractivity contribution is 6.31. The molecule has 100 valence electrons. The smallest absolute Gasteiger partial charge is 0.142 e. The summed E-state index contributed by atoms with van der Waals surface area (Å²) in [6.07, 6.45) is 3.67. The van der Waals surface area contributed by atoms with Crippen molar-refractivity contribution >= 4 is 11.6 Å². The monoisotopic (exact) mass is 280 g/mol. The molecule has 2 aromatic rings. The zero-order valence-electron chi connectivity index (χ0n) is 10.4. The van der Waals surface area contributed by atoms with Crippen molar-refractivity contribution in [1.29, 1.82) is 0 Å². The Kier molecular flexibility index (Phi) is 4.35. The van der Waals surface area contributed by atoms with E-state index in [1.807, 2.05) is 0 Å². The Morgan fingerprint density at radius 3 is 2.95 bits per heavy atom. The summed E-state index contributed by atoms with van der Waals surface area (Å²) >= 11 is 5.92. The summed E-state index contributed by atoms with van der Waals surface area (Å²) in [5.41, 5.74) is 7.63. The van der Waals surface area contributed by atoms with Gasteiger partial charge in [-0.3, -0.25) is 4.98 Å². The first-order chi connectivity index (χ1) is 9.13. The second-order valence-corrected chi connectivity index (χ2v) is 4.52. The fraction of sp³-hybridized carbons (Fsp3) is 0.214. The van der Waals surface area contributed by atoms with E-state index in [-0.39, 0.29) is 11.1 Å². The quantitative estimate of drug-likeness (QED) is 0.936. The van der Waals surface area contributed by atoms with Gasteiger partial charge < -0.3 is 10.5 Å². The van der Waals surface area contributed by atoms with Crippen LogP contribution < -0.4 is 10.5 Å². The van der Waals surface area contributed by atoms with Crippen LogP contribution in [-0.4, -0.2) is 12.1 Å². The predicted molar refractivity (Wildman–Crippen MR) is 72.8 cm³/mol. The largest absolute Gasteiger partial charge is 0.495 e. The zero-order valence-corrected chi connectivity index (χ0v) is 11.2. The molecular formula is C14H14ClFN2O. The number of nitrogens with two attached hydrogens (primary N) is 1. The highest BCUT2D eigenvalue weighted by Gasteiger charge is 2.15. The zero-order chi connectivity index (χ0) is 13.8.